The second kappa shape index (κ2) is 15.9. The van der Waals surface area contributed by atoms with Crippen LogP contribution in [0.3, 0.4) is 0 Å². The minimum absolute atomic E-state index is 0. The number of rotatable bonds is 11. The molecular formula is C34H52F5NO4S. The third kappa shape index (κ3) is 9.43. The van der Waals surface area contributed by atoms with E-state index in [1.807, 2.05) is 44.3 Å². The Bertz CT molecular complexity index is 1130. The van der Waals surface area contributed by atoms with Gasteiger partial charge in [0.15, 0.2) is 0 Å². The van der Waals surface area contributed by atoms with Crippen molar-refractivity contribution >= 4 is 24.2 Å². The van der Waals surface area contributed by atoms with E-state index < -0.39 is 18.5 Å². The van der Waals surface area contributed by atoms with E-state index in [1.165, 1.54) is 23.1 Å². The van der Waals surface area contributed by atoms with Crippen molar-refractivity contribution in [1.29, 1.82) is 0 Å². The largest absolute Gasteiger partial charge is 0.453 e. The summed E-state index contributed by atoms with van der Waals surface area (Å²) in [6.07, 6.45) is 1.58. The molecule has 0 bridgehead atoms. The molecule has 0 saturated heterocycles. The predicted molar refractivity (Wildman–Crippen MR) is 170 cm³/mol. The maximum absolute atomic E-state index is 12.6. The summed E-state index contributed by atoms with van der Waals surface area (Å²) in [5, 5.41) is 10.5. The fourth-order valence-electron chi connectivity index (χ4n) is 6.99. The average molecular weight is 666 g/mol. The number of carbonyl (C=O) groups is 2. The highest BCUT2D eigenvalue weighted by molar-refractivity contribution is 7.97. The fourth-order valence-corrected chi connectivity index (χ4v) is 8.01. The Hall–Kier alpha value is -1.72. The zero-order valence-electron chi connectivity index (χ0n) is 26.5. The van der Waals surface area contributed by atoms with Crippen LogP contribution in [0.15, 0.2) is 18.2 Å². The number of esters is 1. The molecule has 5 unspecified atom stereocenters. The first kappa shape index (κ1) is 39.5. The number of aldehydes is 1. The smallest absolute Gasteiger partial charge is 0.427 e. The molecule has 11 heteroatoms. The topological polar surface area (TPSA) is 66.8 Å². The van der Waals surface area contributed by atoms with E-state index in [1.54, 1.807) is 0 Å². The Balaban J connectivity index is 0.000000331. The molecule has 2 saturated carbocycles. The van der Waals surface area contributed by atoms with Gasteiger partial charge in [-0.25, -0.2) is 4.31 Å². The Kier molecular flexibility index (Phi) is 14.0. The quantitative estimate of drug-likeness (QED) is 0.0635. The first-order valence-electron chi connectivity index (χ1n) is 15.7. The lowest BCUT2D eigenvalue weighted by Crippen LogP contribution is -2.43. The third-order valence-electron chi connectivity index (χ3n) is 10.4. The third-order valence-corrected chi connectivity index (χ3v) is 11.8. The van der Waals surface area contributed by atoms with Crippen LogP contribution in [0, 0.1) is 17.3 Å². The number of aliphatic hydroxyl groups excluding tert-OH is 1. The number of aryl methyl sites for hydroxylation is 1. The van der Waals surface area contributed by atoms with Crippen LogP contribution in [0.4, 0.5) is 22.0 Å². The van der Waals surface area contributed by atoms with Gasteiger partial charge in [0, 0.05) is 24.1 Å². The Labute approximate surface area is 270 Å². The molecule has 2 fully saturated rings. The van der Waals surface area contributed by atoms with E-state index >= 15 is 0 Å². The molecule has 1 aromatic carbocycles. The number of carbonyl (C=O) groups excluding carboxylic acids is 2. The number of alkyl halides is 5. The highest BCUT2D eigenvalue weighted by Gasteiger charge is 2.56. The monoisotopic (exact) mass is 665 g/mol. The molecule has 5 nitrogen and oxygen atoms in total. The van der Waals surface area contributed by atoms with Crippen molar-refractivity contribution in [2.45, 2.75) is 135 Å². The van der Waals surface area contributed by atoms with Crippen molar-refractivity contribution in [3.8, 4) is 5.75 Å². The predicted octanol–water partition coefficient (Wildman–Crippen LogP) is 9.16. The van der Waals surface area contributed by atoms with Gasteiger partial charge in [0.05, 0.1) is 12.5 Å². The Morgan fingerprint density at radius 2 is 1.84 bits per heavy atom. The summed E-state index contributed by atoms with van der Waals surface area (Å²) >= 11 is 1.29. The van der Waals surface area contributed by atoms with Crippen molar-refractivity contribution in [1.82, 2.24) is 4.31 Å². The first-order chi connectivity index (χ1) is 20.5. The first-order valence-corrected chi connectivity index (χ1v) is 16.7. The molecule has 5 atom stereocenters. The minimum Gasteiger partial charge on any atom is -0.427 e. The van der Waals surface area contributed by atoms with Gasteiger partial charge in [-0.1, -0.05) is 39.3 Å². The van der Waals surface area contributed by atoms with E-state index in [2.05, 4.69) is 13.0 Å². The van der Waals surface area contributed by atoms with E-state index in [-0.39, 0.29) is 55.5 Å². The summed E-state index contributed by atoms with van der Waals surface area (Å²) in [6.45, 7) is 8.27. The average Bonchev–Trinajstić information content (AvgIpc) is 3.27. The molecule has 0 amide bonds. The van der Waals surface area contributed by atoms with E-state index in [0.717, 1.165) is 51.2 Å². The van der Waals surface area contributed by atoms with Gasteiger partial charge in [-0.15, -0.1) is 0 Å². The molecule has 1 N–H and O–H groups in total. The summed E-state index contributed by atoms with van der Waals surface area (Å²) in [5.41, 5.74) is 2.72. The second-order valence-corrected chi connectivity index (χ2v) is 14.6. The Morgan fingerprint density at radius 1 is 1.16 bits per heavy atom. The number of hydrogen-bond acceptors (Lipinski definition) is 6. The van der Waals surface area contributed by atoms with Crippen LogP contribution in [0.25, 0.3) is 0 Å². The molecule has 0 aliphatic heterocycles. The van der Waals surface area contributed by atoms with Crippen LogP contribution < -0.4 is 4.74 Å². The van der Waals surface area contributed by atoms with Gasteiger partial charge >= 0.3 is 18.1 Å². The van der Waals surface area contributed by atoms with Crippen molar-refractivity contribution < 1.29 is 41.4 Å². The van der Waals surface area contributed by atoms with E-state index in [0.29, 0.717) is 23.5 Å². The number of fused-ring (bicyclic) bond motifs is 5. The summed E-state index contributed by atoms with van der Waals surface area (Å²) in [6, 6.07) is 6.06. The SMILES string of the molecule is C.CC12CCC3c4ccc(OC(=O)CCC=O)cc4CCC3C1CCC2O.CCC(C)(C)N(C)SCCCC(F)(F)C(F)(F)F. The molecule has 1 aromatic rings. The maximum atomic E-state index is 12.6. The molecule has 45 heavy (non-hydrogen) atoms. The van der Waals surface area contributed by atoms with Gasteiger partial charge < -0.3 is 14.6 Å². The summed E-state index contributed by atoms with van der Waals surface area (Å²) in [4.78, 5) is 22.1. The van der Waals surface area contributed by atoms with Crippen LogP contribution in [-0.2, 0) is 16.0 Å². The molecule has 258 valence electrons. The molecule has 0 heterocycles. The highest BCUT2D eigenvalue weighted by Crippen LogP contribution is 2.61. The van der Waals surface area contributed by atoms with Crippen molar-refractivity contribution in [3.05, 3.63) is 29.3 Å². The molecular weight excluding hydrogens is 613 g/mol. The summed E-state index contributed by atoms with van der Waals surface area (Å²) < 4.78 is 68.2. The fraction of sp³-hybridized carbons (Fsp3) is 0.765. The minimum atomic E-state index is -5.44. The zero-order valence-corrected chi connectivity index (χ0v) is 27.3. The number of aliphatic hydroxyl groups is 1. The zero-order chi connectivity index (χ0) is 32.9. The number of halogens is 5. The Morgan fingerprint density at radius 3 is 2.47 bits per heavy atom. The molecule has 0 aromatic heterocycles. The summed E-state index contributed by atoms with van der Waals surface area (Å²) in [5.74, 6) is -2.21. The van der Waals surface area contributed by atoms with Crippen molar-refractivity contribution in [3.63, 3.8) is 0 Å². The van der Waals surface area contributed by atoms with Crippen LogP contribution in [-0.4, -0.2) is 58.2 Å². The van der Waals surface area contributed by atoms with E-state index in [4.69, 9.17) is 4.74 Å². The standard InChI is InChI=1S/C22H28O4.C11H20F5NS.CH4/c1-22-11-10-17-16-7-5-15(26-21(25)3-2-12-23)13-14(16)4-6-18(17)19(22)8-9-20(22)24;1-5-9(2,3)17(4)18-8-6-7-10(12,13)11(14,15)16;/h5,7,12-13,17-20,24H,2-4,6,8-11H2,1H3;5-8H2,1-4H3;1H4. The summed E-state index contributed by atoms with van der Waals surface area (Å²) in [7, 11) is 1.82. The van der Waals surface area contributed by atoms with Gasteiger partial charge in [0.1, 0.15) is 12.0 Å². The number of nitrogens with zero attached hydrogens (tertiary/aromatic N) is 1. The molecule has 4 rings (SSSR count). The van der Waals surface area contributed by atoms with Gasteiger partial charge in [0.25, 0.3) is 0 Å². The van der Waals surface area contributed by atoms with Gasteiger partial charge in [-0.2, -0.15) is 22.0 Å². The van der Waals surface area contributed by atoms with Gasteiger partial charge in [-0.3, -0.25) is 4.79 Å². The van der Waals surface area contributed by atoms with Crippen molar-refractivity contribution in [2.75, 3.05) is 12.8 Å². The van der Waals surface area contributed by atoms with Crippen molar-refractivity contribution in [2.24, 2.45) is 17.3 Å². The van der Waals surface area contributed by atoms with Crippen LogP contribution in [0.2, 0.25) is 0 Å². The van der Waals surface area contributed by atoms with Gasteiger partial charge in [-0.05, 0) is 119 Å². The number of hydrogen-bond donors (Lipinski definition) is 1. The highest BCUT2D eigenvalue weighted by atomic mass is 32.2. The number of ether oxygens (including phenoxy) is 1. The lowest BCUT2D eigenvalue weighted by Gasteiger charge is -2.50. The molecule has 3 aliphatic rings. The molecule has 0 spiro atoms. The second-order valence-electron chi connectivity index (χ2n) is 13.4. The lowest BCUT2D eigenvalue weighted by molar-refractivity contribution is -0.284. The molecule has 0 radical (unpaired) electrons. The lowest BCUT2D eigenvalue weighted by atomic mass is 9.55. The van der Waals surface area contributed by atoms with Gasteiger partial charge in [0.2, 0.25) is 0 Å². The normalized spacial score (nSPS) is 26.0. The van der Waals surface area contributed by atoms with Crippen LogP contribution in [0.1, 0.15) is 116 Å². The van der Waals surface area contributed by atoms with Crippen LogP contribution >= 0.6 is 11.9 Å². The van der Waals surface area contributed by atoms with Crippen LogP contribution in [0.5, 0.6) is 5.75 Å². The number of benzene rings is 1. The van der Waals surface area contributed by atoms with E-state index in [9.17, 15) is 36.6 Å². The maximum Gasteiger partial charge on any atom is 0.453 e. The molecule has 3 aliphatic carbocycles.